The molecule has 5 nitrogen and oxygen atoms in total. The summed E-state index contributed by atoms with van der Waals surface area (Å²) in [7, 11) is 0. The highest BCUT2D eigenvalue weighted by molar-refractivity contribution is 5.80. The van der Waals surface area contributed by atoms with Crippen LogP contribution in [0.4, 0.5) is 0 Å². The average molecular weight is 238 g/mol. The number of carbonyl (C=O) groups is 2. The zero-order valence-electron chi connectivity index (χ0n) is 9.82. The van der Waals surface area contributed by atoms with Crippen LogP contribution in [0.2, 0.25) is 0 Å². The van der Waals surface area contributed by atoms with Gasteiger partial charge in [-0.1, -0.05) is 0 Å². The Hall–Kier alpha value is -1.57. The number of carboxylic acid groups (broad SMARTS) is 1. The number of aliphatic carboxylic acids is 1. The van der Waals surface area contributed by atoms with E-state index < -0.39 is 5.97 Å². The van der Waals surface area contributed by atoms with Gasteiger partial charge in [0.1, 0.15) is 0 Å². The van der Waals surface area contributed by atoms with Crippen molar-refractivity contribution in [2.24, 2.45) is 11.8 Å². The minimum Gasteiger partial charge on any atom is -0.481 e. The first-order valence-corrected chi connectivity index (χ1v) is 6.02. The number of hydrogen-bond acceptors (Lipinski definition) is 3. The summed E-state index contributed by atoms with van der Waals surface area (Å²) in [5.74, 6) is -1.34. The highest BCUT2D eigenvalue weighted by Gasteiger charge is 2.33. The van der Waals surface area contributed by atoms with Gasteiger partial charge in [-0.25, -0.2) is 0 Å². The van der Waals surface area contributed by atoms with Crippen molar-refractivity contribution in [1.29, 1.82) is 5.26 Å². The van der Waals surface area contributed by atoms with E-state index in [1.54, 1.807) is 0 Å². The zero-order chi connectivity index (χ0) is 12.7. The van der Waals surface area contributed by atoms with Crippen molar-refractivity contribution in [3.63, 3.8) is 0 Å². The molecule has 0 spiro atoms. The maximum absolute atomic E-state index is 11.7. The van der Waals surface area contributed by atoms with Gasteiger partial charge in [0.25, 0.3) is 0 Å². The van der Waals surface area contributed by atoms with E-state index in [4.69, 9.17) is 10.4 Å². The third kappa shape index (κ3) is 4.43. The van der Waals surface area contributed by atoms with E-state index in [0.717, 1.165) is 12.8 Å². The molecule has 1 aliphatic rings. The van der Waals surface area contributed by atoms with Crippen molar-refractivity contribution in [2.75, 3.05) is 6.54 Å². The Kier molecular flexibility index (Phi) is 5.47. The van der Waals surface area contributed by atoms with Crippen molar-refractivity contribution in [3.8, 4) is 6.07 Å². The van der Waals surface area contributed by atoms with E-state index >= 15 is 0 Å². The zero-order valence-corrected chi connectivity index (χ0v) is 9.82. The number of amides is 1. The van der Waals surface area contributed by atoms with Crippen LogP contribution < -0.4 is 5.32 Å². The number of nitrogens with one attached hydrogen (secondary N) is 1. The van der Waals surface area contributed by atoms with E-state index in [0.29, 0.717) is 32.2 Å². The molecule has 0 radical (unpaired) electrons. The lowest BCUT2D eigenvalue weighted by atomic mass is 10.0. The first-order chi connectivity index (χ1) is 8.15. The summed E-state index contributed by atoms with van der Waals surface area (Å²) in [5.41, 5.74) is 0. The Bertz CT molecular complexity index is 322. The third-order valence-electron chi connectivity index (χ3n) is 3.17. The van der Waals surface area contributed by atoms with Crippen molar-refractivity contribution < 1.29 is 14.7 Å². The smallest absolute Gasteiger partial charge is 0.306 e. The SMILES string of the molecule is N#CCCCCNC(=O)[C@@H]1CC[C@H](C(=O)O)C1. The van der Waals surface area contributed by atoms with Gasteiger partial charge in [0.2, 0.25) is 5.91 Å². The van der Waals surface area contributed by atoms with Crippen LogP contribution >= 0.6 is 0 Å². The number of hydrogen-bond donors (Lipinski definition) is 2. The molecule has 2 atom stereocenters. The van der Waals surface area contributed by atoms with Gasteiger partial charge in [-0.3, -0.25) is 9.59 Å². The fraction of sp³-hybridized carbons (Fsp3) is 0.750. The molecule has 1 aliphatic carbocycles. The molecule has 1 amide bonds. The molecule has 0 bridgehead atoms. The molecule has 1 fully saturated rings. The van der Waals surface area contributed by atoms with Crippen LogP contribution in [0.5, 0.6) is 0 Å². The molecule has 94 valence electrons. The van der Waals surface area contributed by atoms with Crippen LogP contribution in [0.25, 0.3) is 0 Å². The molecule has 1 rings (SSSR count). The fourth-order valence-corrected chi connectivity index (χ4v) is 2.13. The first-order valence-electron chi connectivity index (χ1n) is 6.02. The average Bonchev–Trinajstić information content (AvgIpc) is 2.78. The van der Waals surface area contributed by atoms with Gasteiger partial charge in [-0.05, 0) is 32.1 Å². The lowest BCUT2D eigenvalue weighted by molar-refractivity contribution is -0.141. The lowest BCUT2D eigenvalue weighted by Gasteiger charge is -2.10. The van der Waals surface area contributed by atoms with Gasteiger partial charge in [0, 0.05) is 18.9 Å². The molecule has 0 aromatic rings. The van der Waals surface area contributed by atoms with Crippen molar-refractivity contribution in [1.82, 2.24) is 5.32 Å². The van der Waals surface area contributed by atoms with E-state index in [1.807, 2.05) is 0 Å². The summed E-state index contributed by atoms with van der Waals surface area (Å²) in [6, 6.07) is 2.05. The highest BCUT2D eigenvalue weighted by Crippen LogP contribution is 2.30. The van der Waals surface area contributed by atoms with E-state index in [1.165, 1.54) is 0 Å². The molecule has 2 N–H and O–H groups in total. The minimum atomic E-state index is -0.797. The van der Waals surface area contributed by atoms with E-state index in [-0.39, 0.29) is 17.7 Å². The second-order valence-corrected chi connectivity index (χ2v) is 4.45. The predicted molar refractivity (Wildman–Crippen MR) is 60.9 cm³/mol. The molecule has 5 heteroatoms. The Labute approximate surface area is 101 Å². The Morgan fingerprint density at radius 1 is 1.29 bits per heavy atom. The van der Waals surface area contributed by atoms with Crippen LogP contribution in [-0.4, -0.2) is 23.5 Å². The second-order valence-electron chi connectivity index (χ2n) is 4.45. The number of unbranched alkanes of at least 4 members (excludes halogenated alkanes) is 2. The molecule has 1 saturated carbocycles. The first kappa shape index (κ1) is 13.5. The van der Waals surface area contributed by atoms with Gasteiger partial charge in [-0.2, -0.15) is 5.26 Å². The summed E-state index contributed by atoms with van der Waals surface area (Å²) >= 11 is 0. The molecular weight excluding hydrogens is 220 g/mol. The molecule has 17 heavy (non-hydrogen) atoms. The van der Waals surface area contributed by atoms with E-state index in [9.17, 15) is 9.59 Å². The molecule has 0 aromatic carbocycles. The summed E-state index contributed by atoms with van der Waals surface area (Å²) in [5, 5.41) is 20.0. The van der Waals surface area contributed by atoms with Gasteiger partial charge < -0.3 is 10.4 Å². The predicted octanol–water partition coefficient (Wildman–Crippen LogP) is 1.30. The van der Waals surface area contributed by atoms with Gasteiger partial charge >= 0.3 is 5.97 Å². The summed E-state index contributed by atoms with van der Waals surface area (Å²) in [6.07, 6.45) is 3.83. The molecule has 0 unspecified atom stereocenters. The number of nitriles is 1. The van der Waals surface area contributed by atoms with Crippen LogP contribution in [0.3, 0.4) is 0 Å². The van der Waals surface area contributed by atoms with E-state index in [2.05, 4.69) is 11.4 Å². The summed E-state index contributed by atoms with van der Waals surface area (Å²) in [6.45, 7) is 0.578. The van der Waals surface area contributed by atoms with Gasteiger partial charge in [-0.15, -0.1) is 0 Å². The molecule has 0 heterocycles. The van der Waals surface area contributed by atoms with Gasteiger partial charge in [0.05, 0.1) is 12.0 Å². The quantitative estimate of drug-likeness (QED) is 0.682. The Morgan fingerprint density at radius 2 is 2.00 bits per heavy atom. The largest absolute Gasteiger partial charge is 0.481 e. The molecule has 0 saturated heterocycles. The minimum absolute atomic E-state index is 0.0364. The third-order valence-corrected chi connectivity index (χ3v) is 3.17. The topological polar surface area (TPSA) is 90.2 Å². The number of carboxylic acids is 1. The number of carbonyl (C=O) groups excluding carboxylic acids is 1. The Morgan fingerprint density at radius 3 is 2.59 bits per heavy atom. The van der Waals surface area contributed by atoms with Crippen LogP contribution in [0.15, 0.2) is 0 Å². The summed E-state index contributed by atoms with van der Waals surface area (Å²) in [4.78, 5) is 22.4. The van der Waals surface area contributed by atoms with Crippen LogP contribution in [-0.2, 0) is 9.59 Å². The van der Waals surface area contributed by atoms with Crippen LogP contribution in [0, 0.1) is 23.2 Å². The highest BCUT2D eigenvalue weighted by atomic mass is 16.4. The number of nitrogens with zero attached hydrogens (tertiary/aromatic N) is 1. The second kappa shape index (κ2) is 6.89. The Balaban J connectivity index is 2.17. The lowest BCUT2D eigenvalue weighted by Crippen LogP contribution is -2.30. The van der Waals surface area contributed by atoms with Crippen molar-refractivity contribution in [3.05, 3.63) is 0 Å². The van der Waals surface area contributed by atoms with Crippen molar-refractivity contribution >= 4 is 11.9 Å². The monoisotopic (exact) mass is 238 g/mol. The van der Waals surface area contributed by atoms with Crippen molar-refractivity contribution in [2.45, 2.75) is 38.5 Å². The number of rotatable bonds is 6. The normalized spacial score (nSPS) is 23.0. The summed E-state index contributed by atoms with van der Waals surface area (Å²) < 4.78 is 0. The molecule has 0 aromatic heterocycles. The maximum atomic E-state index is 11.7. The maximum Gasteiger partial charge on any atom is 0.306 e. The standard InChI is InChI=1S/C12H18N2O3/c13-6-2-1-3-7-14-11(15)9-4-5-10(8-9)12(16)17/h9-10H,1-5,7-8H2,(H,14,15)(H,16,17)/t9-,10+/m1/s1. The van der Waals surface area contributed by atoms with Gasteiger partial charge in [0.15, 0.2) is 0 Å². The molecule has 0 aliphatic heterocycles. The van der Waals surface area contributed by atoms with Crippen LogP contribution in [0.1, 0.15) is 38.5 Å². The fourth-order valence-electron chi connectivity index (χ4n) is 2.13. The molecular formula is C12H18N2O3.